The van der Waals surface area contributed by atoms with Crippen LogP contribution in [0.15, 0.2) is 0 Å². The zero-order chi connectivity index (χ0) is 13.5. The van der Waals surface area contributed by atoms with Gasteiger partial charge in [-0.05, 0) is 18.8 Å². The lowest BCUT2D eigenvalue weighted by molar-refractivity contribution is -0.115. The van der Waals surface area contributed by atoms with E-state index in [1.807, 2.05) is 13.8 Å². The van der Waals surface area contributed by atoms with Gasteiger partial charge in [0.05, 0.1) is 10.6 Å². The van der Waals surface area contributed by atoms with Crippen LogP contribution >= 0.6 is 22.9 Å². The number of Topliss-reactive ketones (excluding diaryl/α,β-unsaturated/α-hetero) is 1. The minimum atomic E-state index is -0.613. The Labute approximate surface area is 115 Å². The number of anilines is 1. The fraction of sp³-hybridized carbons (Fsp3) is 0.583. The summed E-state index contributed by atoms with van der Waals surface area (Å²) in [5.74, 6) is -0.187. The largest absolute Gasteiger partial charge is 0.301 e. The quantitative estimate of drug-likeness (QED) is 0.851. The molecule has 0 aliphatic heterocycles. The summed E-state index contributed by atoms with van der Waals surface area (Å²) in [5.41, 5.74) is 0.734. The highest BCUT2D eigenvalue weighted by Gasteiger charge is 2.34. The van der Waals surface area contributed by atoms with Gasteiger partial charge in [0, 0.05) is 6.42 Å². The molecule has 0 saturated carbocycles. The standard InChI is InChI=1S/C12H15ClN2O2S/c1-6(13)10(17)15-11-14-7-4-12(2,3)5-8(16)9(7)18-11/h6H,4-5H2,1-3H3,(H,14,15,17)/t6-/m1/s1. The van der Waals surface area contributed by atoms with Crippen molar-refractivity contribution in [3.8, 4) is 0 Å². The number of thiazole rings is 1. The number of carbonyl (C=O) groups is 2. The van der Waals surface area contributed by atoms with E-state index in [0.717, 1.165) is 12.1 Å². The first kappa shape index (κ1) is 13.5. The van der Waals surface area contributed by atoms with E-state index >= 15 is 0 Å². The third-order valence-corrected chi connectivity index (χ3v) is 4.08. The van der Waals surface area contributed by atoms with Crippen molar-refractivity contribution in [3.05, 3.63) is 10.6 Å². The van der Waals surface area contributed by atoms with Gasteiger partial charge in [-0.2, -0.15) is 0 Å². The van der Waals surface area contributed by atoms with E-state index in [4.69, 9.17) is 11.6 Å². The Bertz CT molecular complexity index is 508. The van der Waals surface area contributed by atoms with Crippen molar-refractivity contribution in [1.29, 1.82) is 0 Å². The van der Waals surface area contributed by atoms with Gasteiger partial charge >= 0.3 is 0 Å². The van der Waals surface area contributed by atoms with Gasteiger partial charge in [-0.25, -0.2) is 4.98 Å². The normalized spacial score (nSPS) is 19.2. The monoisotopic (exact) mass is 286 g/mol. The smallest absolute Gasteiger partial charge is 0.243 e. The molecular formula is C12H15ClN2O2S. The van der Waals surface area contributed by atoms with Crippen molar-refractivity contribution >= 4 is 39.8 Å². The van der Waals surface area contributed by atoms with Gasteiger partial charge in [-0.1, -0.05) is 25.2 Å². The average Bonchev–Trinajstić information content (AvgIpc) is 2.58. The average molecular weight is 287 g/mol. The topological polar surface area (TPSA) is 59.1 Å². The van der Waals surface area contributed by atoms with Crippen LogP contribution in [0.5, 0.6) is 0 Å². The third kappa shape index (κ3) is 2.72. The summed E-state index contributed by atoms with van der Waals surface area (Å²) in [7, 11) is 0. The SMILES string of the molecule is C[C@@H](Cl)C(=O)Nc1nc2c(s1)C(=O)CC(C)(C)C2. The Hall–Kier alpha value is -0.940. The fourth-order valence-corrected chi connectivity index (χ4v) is 2.96. The van der Waals surface area contributed by atoms with Gasteiger partial charge in [-0.3, -0.25) is 9.59 Å². The Morgan fingerprint density at radius 3 is 2.78 bits per heavy atom. The van der Waals surface area contributed by atoms with Crippen molar-refractivity contribution in [2.24, 2.45) is 5.41 Å². The summed E-state index contributed by atoms with van der Waals surface area (Å²) in [6, 6.07) is 0. The van der Waals surface area contributed by atoms with Gasteiger partial charge in [0.15, 0.2) is 10.9 Å². The van der Waals surface area contributed by atoms with Crippen molar-refractivity contribution in [2.45, 2.75) is 39.0 Å². The van der Waals surface area contributed by atoms with Crippen LogP contribution in [0.1, 0.15) is 42.6 Å². The first-order valence-corrected chi connectivity index (χ1v) is 7.02. The highest BCUT2D eigenvalue weighted by Crippen LogP contribution is 2.38. The number of ketones is 1. The number of nitrogens with zero attached hydrogens (tertiary/aromatic N) is 1. The van der Waals surface area contributed by atoms with Crippen molar-refractivity contribution < 1.29 is 9.59 Å². The number of hydrogen-bond donors (Lipinski definition) is 1. The summed E-state index contributed by atoms with van der Waals surface area (Å²) < 4.78 is 0. The van der Waals surface area contributed by atoms with Crippen LogP contribution in [0.3, 0.4) is 0 Å². The molecule has 98 valence electrons. The maximum atomic E-state index is 12.0. The predicted molar refractivity (Wildman–Crippen MR) is 72.5 cm³/mol. The van der Waals surface area contributed by atoms with Crippen LogP contribution in [0.25, 0.3) is 0 Å². The number of fused-ring (bicyclic) bond motifs is 1. The minimum Gasteiger partial charge on any atom is -0.301 e. The molecule has 0 fully saturated rings. The molecule has 1 aliphatic carbocycles. The van der Waals surface area contributed by atoms with E-state index < -0.39 is 5.38 Å². The van der Waals surface area contributed by atoms with E-state index in [1.54, 1.807) is 6.92 Å². The lowest BCUT2D eigenvalue weighted by Crippen LogP contribution is -2.26. The zero-order valence-corrected chi connectivity index (χ0v) is 12.1. The maximum Gasteiger partial charge on any atom is 0.243 e. The molecule has 1 aromatic heterocycles. The first-order chi connectivity index (χ1) is 8.28. The highest BCUT2D eigenvalue weighted by atomic mass is 35.5. The van der Waals surface area contributed by atoms with Gasteiger partial charge in [0.2, 0.25) is 5.91 Å². The van der Waals surface area contributed by atoms with E-state index in [1.165, 1.54) is 11.3 Å². The van der Waals surface area contributed by atoms with Gasteiger partial charge in [0.1, 0.15) is 5.38 Å². The summed E-state index contributed by atoms with van der Waals surface area (Å²) in [6.07, 6.45) is 1.29. The molecule has 0 spiro atoms. The van der Waals surface area contributed by atoms with Crippen LogP contribution < -0.4 is 5.32 Å². The molecule has 1 aliphatic rings. The molecule has 18 heavy (non-hydrogen) atoms. The molecule has 2 rings (SSSR count). The Balaban J connectivity index is 2.24. The lowest BCUT2D eigenvalue weighted by atomic mass is 9.78. The lowest BCUT2D eigenvalue weighted by Gasteiger charge is -2.26. The van der Waals surface area contributed by atoms with Crippen molar-refractivity contribution in [3.63, 3.8) is 0 Å². The molecule has 1 N–H and O–H groups in total. The molecule has 6 heteroatoms. The van der Waals surface area contributed by atoms with Crippen LogP contribution in [0.2, 0.25) is 0 Å². The summed E-state index contributed by atoms with van der Waals surface area (Å²) in [4.78, 5) is 28.4. The van der Waals surface area contributed by atoms with Crippen LogP contribution in [-0.2, 0) is 11.2 Å². The molecule has 1 aromatic rings. The number of alkyl halides is 1. The predicted octanol–water partition coefficient (Wildman–Crippen LogP) is 2.86. The first-order valence-electron chi connectivity index (χ1n) is 5.76. The second kappa shape index (κ2) is 4.63. The van der Waals surface area contributed by atoms with Gasteiger partial charge in [0.25, 0.3) is 0 Å². The van der Waals surface area contributed by atoms with Crippen molar-refractivity contribution in [1.82, 2.24) is 4.98 Å². The molecule has 0 saturated heterocycles. The Kier molecular flexibility index (Phi) is 3.47. The van der Waals surface area contributed by atoms with Gasteiger partial charge < -0.3 is 5.32 Å². The number of halogens is 1. The number of aromatic nitrogens is 1. The summed E-state index contributed by atoms with van der Waals surface area (Å²) in [6.45, 7) is 5.69. The molecule has 1 heterocycles. The number of hydrogen-bond acceptors (Lipinski definition) is 4. The Morgan fingerprint density at radius 2 is 2.17 bits per heavy atom. The number of rotatable bonds is 2. The molecule has 0 bridgehead atoms. The molecule has 1 amide bonds. The summed E-state index contributed by atoms with van der Waals surface area (Å²) >= 11 is 6.92. The maximum absolute atomic E-state index is 12.0. The zero-order valence-electron chi connectivity index (χ0n) is 10.5. The van der Waals surface area contributed by atoms with E-state index in [9.17, 15) is 9.59 Å². The molecule has 4 nitrogen and oxygen atoms in total. The van der Waals surface area contributed by atoms with Crippen LogP contribution in [-0.4, -0.2) is 22.1 Å². The summed E-state index contributed by atoms with van der Waals surface area (Å²) in [5, 5.41) is 2.48. The van der Waals surface area contributed by atoms with E-state index in [0.29, 0.717) is 16.4 Å². The van der Waals surface area contributed by atoms with Crippen LogP contribution in [0.4, 0.5) is 5.13 Å². The third-order valence-electron chi connectivity index (χ3n) is 2.83. The molecule has 0 aromatic carbocycles. The number of carbonyl (C=O) groups excluding carboxylic acids is 2. The second-order valence-electron chi connectivity index (χ2n) is 5.34. The number of amides is 1. The van der Waals surface area contributed by atoms with Crippen LogP contribution in [0, 0.1) is 5.41 Å². The number of nitrogens with one attached hydrogen (secondary N) is 1. The Morgan fingerprint density at radius 1 is 1.50 bits per heavy atom. The fourth-order valence-electron chi connectivity index (χ4n) is 1.98. The molecule has 0 radical (unpaired) electrons. The van der Waals surface area contributed by atoms with E-state index in [-0.39, 0.29) is 17.1 Å². The highest BCUT2D eigenvalue weighted by molar-refractivity contribution is 7.17. The molecule has 0 unspecified atom stereocenters. The molecule has 1 atom stereocenters. The van der Waals surface area contributed by atoms with E-state index in [2.05, 4.69) is 10.3 Å². The molecular weight excluding hydrogens is 272 g/mol. The minimum absolute atomic E-state index is 0.0563. The second-order valence-corrected chi connectivity index (χ2v) is 6.99. The van der Waals surface area contributed by atoms with Crippen molar-refractivity contribution in [2.75, 3.05) is 5.32 Å². The van der Waals surface area contributed by atoms with Gasteiger partial charge in [-0.15, -0.1) is 11.6 Å².